The maximum absolute atomic E-state index is 5.40. The third-order valence-electron chi connectivity index (χ3n) is 2.83. The van der Waals surface area contributed by atoms with Crippen molar-refractivity contribution in [3.63, 3.8) is 0 Å². The van der Waals surface area contributed by atoms with Gasteiger partial charge in [0.1, 0.15) is 0 Å². The summed E-state index contributed by atoms with van der Waals surface area (Å²) < 4.78 is 5.01. The van der Waals surface area contributed by atoms with E-state index in [4.69, 9.17) is 10.3 Å². The van der Waals surface area contributed by atoms with Crippen LogP contribution in [-0.2, 0) is 6.54 Å². The summed E-state index contributed by atoms with van der Waals surface area (Å²) in [6, 6.07) is 1.88. The van der Waals surface area contributed by atoms with Gasteiger partial charge in [-0.25, -0.2) is 5.84 Å². The van der Waals surface area contributed by atoms with Gasteiger partial charge in [-0.05, 0) is 19.9 Å². The summed E-state index contributed by atoms with van der Waals surface area (Å²) in [7, 11) is 0. The van der Waals surface area contributed by atoms with E-state index >= 15 is 0 Å². The molecular weight excluding hydrogens is 258 g/mol. The summed E-state index contributed by atoms with van der Waals surface area (Å²) in [6.45, 7) is 6.28. The highest BCUT2D eigenvalue weighted by atomic mass is 16.3. The summed E-state index contributed by atoms with van der Waals surface area (Å²) in [5.41, 5.74) is 3.47. The van der Waals surface area contributed by atoms with Crippen molar-refractivity contribution in [2.75, 3.05) is 28.7 Å². The number of nitrogen functional groups attached to an aromatic ring is 1. The standard InChI is InChI=1S/C12H19N7O/c1-3-19(4-2)12-16-10(15-11(17-12)18-13)14-7-9-5-6-20-8-9/h5-6,8H,3-4,7,13H2,1-2H3,(H2,14,15,16,17,18). The van der Waals surface area contributed by atoms with E-state index in [1.54, 1.807) is 12.5 Å². The van der Waals surface area contributed by atoms with Crippen molar-refractivity contribution in [2.24, 2.45) is 5.84 Å². The van der Waals surface area contributed by atoms with Gasteiger partial charge in [0.2, 0.25) is 17.8 Å². The molecule has 0 aliphatic rings. The van der Waals surface area contributed by atoms with Crippen molar-refractivity contribution < 1.29 is 4.42 Å². The summed E-state index contributed by atoms with van der Waals surface area (Å²) >= 11 is 0. The van der Waals surface area contributed by atoms with Crippen LogP contribution >= 0.6 is 0 Å². The second kappa shape index (κ2) is 6.71. The summed E-state index contributed by atoms with van der Waals surface area (Å²) in [4.78, 5) is 14.8. The fourth-order valence-electron chi connectivity index (χ4n) is 1.73. The molecule has 0 saturated heterocycles. The largest absolute Gasteiger partial charge is 0.472 e. The van der Waals surface area contributed by atoms with Crippen LogP contribution in [0.25, 0.3) is 0 Å². The minimum absolute atomic E-state index is 0.330. The zero-order valence-electron chi connectivity index (χ0n) is 11.6. The maximum atomic E-state index is 5.40. The monoisotopic (exact) mass is 277 g/mol. The molecule has 0 radical (unpaired) electrons. The minimum Gasteiger partial charge on any atom is -0.472 e. The predicted octanol–water partition coefficient (Wildman–Crippen LogP) is 1.21. The fourth-order valence-corrected chi connectivity index (χ4v) is 1.73. The molecule has 8 heteroatoms. The third kappa shape index (κ3) is 3.35. The first kappa shape index (κ1) is 14.1. The SMILES string of the molecule is CCN(CC)c1nc(NN)nc(NCc2ccoc2)n1. The van der Waals surface area contributed by atoms with Crippen LogP contribution in [0.4, 0.5) is 17.8 Å². The van der Waals surface area contributed by atoms with Crippen molar-refractivity contribution in [1.29, 1.82) is 0 Å². The summed E-state index contributed by atoms with van der Waals surface area (Å²) in [5.74, 6) is 6.79. The van der Waals surface area contributed by atoms with Crippen LogP contribution in [0, 0.1) is 0 Å². The first-order valence-corrected chi connectivity index (χ1v) is 6.49. The Bertz CT molecular complexity index is 525. The Morgan fingerprint density at radius 1 is 1.20 bits per heavy atom. The van der Waals surface area contributed by atoms with Gasteiger partial charge in [0.15, 0.2) is 0 Å². The highest BCUT2D eigenvalue weighted by molar-refractivity contribution is 5.43. The molecule has 2 heterocycles. The van der Waals surface area contributed by atoms with Gasteiger partial charge < -0.3 is 14.6 Å². The van der Waals surface area contributed by atoms with Crippen LogP contribution in [0.1, 0.15) is 19.4 Å². The van der Waals surface area contributed by atoms with E-state index in [1.807, 2.05) is 24.8 Å². The smallest absolute Gasteiger partial charge is 0.243 e. The van der Waals surface area contributed by atoms with Gasteiger partial charge >= 0.3 is 0 Å². The molecule has 0 atom stereocenters. The minimum atomic E-state index is 0.330. The molecular formula is C12H19N7O. The van der Waals surface area contributed by atoms with Crippen molar-refractivity contribution in [2.45, 2.75) is 20.4 Å². The Hall–Kier alpha value is -2.35. The lowest BCUT2D eigenvalue weighted by atomic mass is 10.3. The molecule has 108 valence electrons. The average molecular weight is 277 g/mol. The van der Waals surface area contributed by atoms with Gasteiger partial charge in [0.05, 0.1) is 12.5 Å². The number of rotatable bonds is 7. The molecule has 2 aromatic rings. The Morgan fingerprint density at radius 2 is 1.95 bits per heavy atom. The van der Waals surface area contributed by atoms with Crippen molar-refractivity contribution in [3.05, 3.63) is 24.2 Å². The van der Waals surface area contributed by atoms with Gasteiger partial charge in [-0.2, -0.15) is 15.0 Å². The molecule has 8 nitrogen and oxygen atoms in total. The zero-order valence-corrected chi connectivity index (χ0v) is 11.6. The molecule has 0 aliphatic heterocycles. The molecule has 0 aliphatic carbocycles. The van der Waals surface area contributed by atoms with Crippen LogP contribution in [0.2, 0.25) is 0 Å². The molecule has 0 aromatic carbocycles. The quantitative estimate of drug-likeness (QED) is 0.512. The molecule has 4 N–H and O–H groups in total. The molecule has 2 rings (SSSR count). The lowest BCUT2D eigenvalue weighted by molar-refractivity contribution is 0.564. The predicted molar refractivity (Wildman–Crippen MR) is 77.2 cm³/mol. The number of hydrogen-bond acceptors (Lipinski definition) is 8. The highest BCUT2D eigenvalue weighted by Gasteiger charge is 2.10. The Labute approximate surface area is 117 Å². The molecule has 0 bridgehead atoms. The number of nitrogens with two attached hydrogens (primary N) is 1. The molecule has 0 fully saturated rings. The van der Waals surface area contributed by atoms with Crippen LogP contribution in [0.15, 0.2) is 23.0 Å². The van der Waals surface area contributed by atoms with E-state index in [0.717, 1.165) is 18.7 Å². The van der Waals surface area contributed by atoms with E-state index in [0.29, 0.717) is 24.4 Å². The van der Waals surface area contributed by atoms with Gasteiger partial charge in [0, 0.05) is 25.2 Å². The fraction of sp³-hybridized carbons (Fsp3) is 0.417. The number of aromatic nitrogens is 3. The second-order valence-electron chi connectivity index (χ2n) is 4.08. The Kier molecular flexibility index (Phi) is 4.72. The van der Waals surface area contributed by atoms with E-state index in [1.165, 1.54) is 0 Å². The number of furan rings is 1. The average Bonchev–Trinajstić information content (AvgIpc) is 2.99. The lowest BCUT2D eigenvalue weighted by Gasteiger charge is -2.19. The zero-order chi connectivity index (χ0) is 14.4. The van der Waals surface area contributed by atoms with Gasteiger partial charge in [0.25, 0.3) is 0 Å². The van der Waals surface area contributed by atoms with Crippen LogP contribution in [0.5, 0.6) is 0 Å². The number of hydrazine groups is 1. The first-order valence-electron chi connectivity index (χ1n) is 6.49. The topological polar surface area (TPSA) is 105 Å². The Morgan fingerprint density at radius 3 is 2.55 bits per heavy atom. The maximum Gasteiger partial charge on any atom is 0.243 e. The molecule has 0 saturated carbocycles. The highest BCUT2D eigenvalue weighted by Crippen LogP contribution is 2.13. The van der Waals surface area contributed by atoms with Crippen LogP contribution < -0.4 is 21.5 Å². The Balaban J connectivity index is 2.16. The van der Waals surface area contributed by atoms with Crippen LogP contribution in [-0.4, -0.2) is 28.0 Å². The van der Waals surface area contributed by atoms with Crippen molar-refractivity contribution >= 4 is 17.8 Å². The summed E-state index contributed by atoms with van der Waals surface area (Å²) in [5, 5.41) is 3.12. The lowest BCUT2D eigenvalue weighted by Crippen LogP contribution is -2.26. The normalized spacial score (nSPS) is 10.3. The molecule has 0 amide bonds. The van der Waals surface area contributed by atoms with E-state index in [2.05, 4.69) is 25.7 Å². The molecule has 2 aromatic heterocycles. The van der Waals surface area contributed by atoms with Gasteiger partial charge in [-0.3, -0.25) is 5.43 Å². The number of anilines is 3. The van der Waals surface area contributed by atoms with Crippen LogP contribution in [0.3, 0.4) is 0 Å². The number of nitrogens with zero attached hydrogens (tertiary/aromatic N) is 4. The van der Waals surface area contributed by atoms with Gasteiger partial charge in [-0.1, -0.05) is 0 Å². The second-order valence-corrected chi connectivity index (χ2v) is 4.08. The molecule has 0 unspecified atom stereocenters. The van der Waals surface area contributed by atoms with Crippen molar-refractivity contribution in [3.8, 4) is 0 Å². The third-order valence-corrected chi connectivity index (χ3v) is 2.83. The molecule has 0 spiro atoms. The molecule has 20 heavy (non-hydrogen) atoms. The van der Waals surface area contributed by atoms with E-state index in [-0.39, 0.29) is 0 Å². The van der Waals surface area contributed by atoms with Crippen molar-refractivity contribution in [1.82, 2.24) is 15.0 Å². The van der Waals surface area contributed by atoms with Gasteiger partial charge in [-0.15, -0.1) is 0 Å². The number of nitrogens with one attached hydrogen (secondary N) is 2. The van der Waals surface area contributed by atoms with E-state index < -0.39 is 0 Å². The van der Waals surface area contributed by atoms with E-state index in [9.17, 15) is 0 Å². The summed E-state index contributed by atoms with van der Waals surface area (Å²) in [6.07, 6.45) is 3.29. The first-order chi connectivity index (χ1) is 9.76. The number of hydrogen-bond donors (Lipinski definition) is 3.